The van der Waals surface area contributed by atoms with E-state index in [1.165, 1.54) is 10.6 Å². The maximum atomic E-state index is 13.9. The summed E-state index contributed by atoms with van der Waals surface area (Å²) in [6.07, 6.45) is 3.93. The van der Waals surface area contributed by atoms with Crippen LogP contribution >= 0.6 is 0 Å². The Labute approximate surface area is 195 Å². The first kappa shape index (κ1) is 22.1. The van der Waals surface area contributed by atoms with Gasteiger partial charge in [-0.2, -0.15) is 0 Å². The molecule has 0 amide bonds. The third-order valence-corrected chi connectivity index (χ3v) is 6.08. The largest absolute Gasteiger partial charge is 0.477 e. The first-order valence-electron chi connectivity index (χ1n) is 11.4. The molecule has 0 spiro atoms. The summed E-state index contributed by atoms with van der Waals surface area (Å²) in [7, 11) is 0. The number of aromatic nitrogens is 5. The third-order valence-electron chi connectivity index (χ3n) is 6.08. The van der Waals surface area contributed by atoms with Crippen molar-refractivity contribution in [3.8, 4) is 17.3 Å². The van der Waals surface area contributed by atoms with Gasteiger partial charge in [0.15, 0.2) is 11.2 Å². The smallest absolute Gasteiger partial charge is 0.330 e. The molecule has 3 aromatic heterocycles. The van der Waals surface area contributed by atoms with Crippen molar-refractivity contribution in [3.63, 3.8) is 0 Å². The highest BCUT2D eigenvalue weighted by Crippen LogP contribution is 2.33. The minimum absolute atomic E-state index is 0.226. The number of rotatable bonds is 7. The van der Waals surface area contributed by atoms with Crippen LogP contribution in [0.3, 0.4) is 0 Å². The molecule has 0 atom stereocenters. The summed E-state index contributed by atoms with van der Waals surface area (Å²) in [5, 5.41) is 0. The van der Waals surface area contributed by atoms with Crippen LogP contribution < -0.4 is 16.0 Å². The molecule has 0 radical (unpaired) electrons. The molecule has 1 aromatic carbocycles. The fourth-order valence-electron chi connectivity index (χ4n) is 4.13. The fourth-order valence-corrected chi connectivity index (χ4v) is 4.13. The van der Waals surface area contributed by atoms with E-state index >= 15 is 0 Å². The Morgan fingerprint density at radius 2 is 2.03 bits per heavy atom. The minimum atomic E-state index is -0.529. The van der Waals surface area contributed by atoms with Gasteiger partial charge in [0, 0.05) is 18.8 Å². The molecule has 0 saturated heterocycles. The van der Waals surface area contributed by atoms with Crippen LogP contribution in [0, 0.1) is 18.7 Å². The average molecular weight is 464 g/mol. The van der Waals surface area contributed by atoms with Crippen molar-refractivity contribution in [2.75, 3.05) is 6.61 Å². The molecule has 8 nitrogen and oxygen atoms in total. The van der Waals surface area contributed by atoms with Crippen molar-refractivity contribution < 1.29 is 9.13 Å². The Kier molecular flexibility index (Phi) is 5.55. The summed E-state index contributed by atoms with van der Waals surface area (Å²) >= 11 is 0. The average Bonchev–Trinajstić information content (AvgIpc) is 3.55. The number of imidazole rings is 1. The van der Waals surface area contributed by atoms with Gasteiger partial charge in [0.05, 0.1) is 12.2 Å². The van der Waals surface area contributed by atoms with E-state index in [4.69, 9.17) is 9.72 Å². The van der Waals surface area contributed by atoms with Crippen LogP contribution in [0.4, 0.5) is 4.39 Å². The third kappa shape index (κ3) is 4.02. The van der Waals surface area contributed by atoms with Gasteiger partial charge in [-0.05, 0) is 68.9 Å². The van der Waals surface area contributed by atoms with E-state index in [2.05, 4.69) is 9.97 Å². The van der Waals surface area contributed by atoms with E-state index in [0.717, 1.165) is 18.4 Å². The second-order valence-electron chi connectivity index (χ2n) is 9.11. The molecule has 1 fully saturated rings. The molecule has 1 N–H and O–H groups in total. The molecule has 5 rings (SSSR count). The number of pyridine rings is 1. The normalized spacial score (nSPS) is 13.7. The Balaban J connectivity index is 1.75. The molecule has 9 heteroatoms. The summed E-state index contributed by atoms with van der Waals surface area (Å²) in [6.45, 7) is 6.23. The number of nitrogens with one attached hydrogen (secondary N) is 1. The van der Waals surface area contributed by atoms with Gasteiger partial charge in [0.25, 0.3) is 5.56 Å². The van der Waals surface area contributed by atoms with Crippen LogP contribution in [0.5, 0.6) is 5.88 Å². The summed E-state index contributed by atoms with van der Waals surface area (Å²) in [6, 6.07) is 8.23. The Morgan fingerprint density at radius 3 is 2.74 bits per heavy atom. The molecule has 1 aliphatic rings. The van der Waals surface area contributed by atoms with Gasteiger partial charge >= 0.3 is 5.69 Å². The van der Waals surface area contributed by atoms with Crippen LogP contribution in [0.15, 0.2) is 46.1 Å². The molecule has 0 bridgehead atoms. The predicted octanol–water partition coefficient (Wildman–Crippen LogP) is 3.81. The Morgan fingerprint density at radius 1 is 1.24 bits per heavy atom. The first-order chi connectivity index (χ1) is 16.3. The van der Waals surface area contributed by atoms with Gasteiger partial charge in [-0.1, -0.05) is 12.1 Å². The van der Waals surface area contributed by atoms with E-state index in [9.17, 15) is 14.0 Å². The van der Waals surface area contributed by atoms with Crippen molar-refractivity contribution in [2.45, 2.75) is 46.2 Å². The zero-order chi connectivity index (χ0) is 24.0. The maximum Gasteiger partial charge on any atom is 0.330 e. The number of aryl methyl sites for hydroxylation is 1. The lowest BCUT2D eigenvalue weighted by atomic mass is 10.1. The molecule has 0 unspecified atom stereocenters. The molecule has 1 saturated carbocycles. The van der Waals surface area contributed by atoms with Crippen molar-refractivity contribution >= 4 is 11.2 Å². The zero-order valence-electron chi connectivity index (χ0n) is 19.3. The van der Waals surface area contributed by atoms with Gasteiger partial charge in [0.1, 0.15) is 11.6 Å². The van der Waals surface area contributed by atoms with Crippen molar-refractivity contribution in [1.29, 1.82) is 0 Å². The molecule has 3 heterocycles. The molecule has 1 aliphatic carbocycles. The van der Waals surface area contributed by atoms with Gasteiger partial charge in [0.2, 0.25) is 5.88 Å². The SMILES string of the molecule is Cc1cc(Cn2c(-c3cccnc3OCC3CC3)nc3c2c(=O)[nH]c(=O)n3C(C)C)ccc1F. The molecule has 4 aromatic rings. The second kappa shape index (κ2) is 8.55. The van der Waals surface area contributed by atoms with Crippen LogP contribution in [0.2, 0.25) is 0 Å². The topological polar surface area (TPSA) is 94.8 Å². The maximum absolute atomic E-state index is 13.9. The van der Waals surface area contributed by atoms with Gasteiger partial charge < -0.3 is 9.30 Å². The number of hydrogen-bond donors (Lipinski definition) is 1. The van der Waals surface area contributed by atoms with Crippen molar-refractivity contribution in [2.24, 2.45) is 5.92 Å². The number of benzene rings is 1. The summed E-state index contributed by atoms with van der Waals surface area (Å²) in [4.78, 5) is 37.3. The fraction of sp³-hybridized carbons (Fsp3) is 0.360. The predicted molar refractivity (Wildman–Crippen MR) is 127 cm³/mol. The molecule has 0 aliphatic heterocycles. The lowest BCUT2D eigenvalue weighted by Crippen LogP contribution is -2.32. The van der Waals surface area contributed by atoms with E-state index in [1.807, 2.05) is 19.9 Å². The van der Waals surface area contributed by atoms with Crippen LogP contribution in [0.25, 0.3) is 22.6 Å². The molecule has 34 heavy (non-hydrogen) atoms. The number of aromatic amines is 1. The highest BCUT2D eigenvalue weighted by Gasteiger charge is 2.26. The lowest BCUT2D eigenvalue weighted by molar-refractivity contribution is 0.289. The first-order valence-corrected chi connectivity index (χ1v) is 11.4. The summed E-state index contributed by atoms with van der Waals surface area (Å²) < 4.78 is 23.1. The van der Waals surface area contributed by atoms with Crippen molar-refractivity contribution in [1.82, 2.24) is 24.1 Å². The quantitative estimate of drug-likeness (QED) is 0.450. The van der Waals surface area contributed by atoms with Gasteiger partial charge in [-0.15, -0.1) is 0 Å². The number of halogens is 1. The standard InChI is InChI=1S/C25H26FN5O3/c1-14(2)31-22-20(23(32)29-25(31)33)30(12-17-8-9-19(26)15(3)11-17)21(28-22)18-5-4-10-27-24(18)34-13-16-6-7-16/h4-5,8-11,14,16H,6-7,12-13H2,1-3H3,(H,29,32,33). The summed E-state index contributed by atoms with van der Waals surface area (Å²) in [5.41, 5.74) is 1.44. The van der Waals surface area contributed by atoms with Crippen LogP contribution in [-0.4, -0.2) is 30.7 Å². The zero-order valence-corrected chi connectivity index (χ0v) is 19.3. The highest BCUT2D eigenvalue weighted by molar-refractivity contribution is 5.78. The molecule has 176 valence electrons. The number of fused-ring (bicyclic) bond motifs is 1. The highest BCUT2D eigenvalue weighted by atomic mass is 19.1. The monoisotopic (exact) mass is 463 g/mol. The van der Waals surface area contributed by atoms with Crippen LogP contribution in [0.1, 0.15) is 43.9 Å². The number of ether oxygens (including phenoxy) is 1. The van der Waals surface area contributed by atoms with Crippen LogP contribution in [-0.2, 0) is 6.54 Å². The summed E-state index contributed by atoms with van der Waals surface area (Å²) in [5.74, 6) is 1.12. The second-order valence-corrected chi connectivity index (χ2v) is 9.11. The van der Waals surface area contributed by atoms with E-state index in [1.54, 1.807) is 35.9 Å². The Bertz CT molecular complexity index is 1500. The minimum Gasteiger partial charge on any atom is -0.477 e. The molecular weight excluding hydrogens is 437 g/mol. The van der Waals surface area contributed by atoms with Crippen molar-refractivity contribution in [3.05, 3.63) is 74.3 Å². The lowest BCUT2D eigenvalue weighted by Gasteiger charge is -2.13. The van der Waals surface area contributed by atoms with Gasteiger partial charge in [-0.3, -0.25) is 14.3 Å². The Hall–Kier alpha value is -3.75. The van der Waals surface area contributed by atoms with E-state index in [0.29, 0.717) is 35.4 Å². The van der Waals surface area contributed by atoms with E-state index in [-0.39, 0.29) is 29.6 Å². The number of hydrogen-bond acceptors (Lipinski definition) is 5. The number of nitrogens with zero attached hydrogens (tertiary/aromatic N) is 4. The number of H-pyrrole nitrogens is 1. The van der Waals surface area contributed by atoms with Gasteiger partial charge in [-0.25, -0.2) is 19.2 Å². The molecular formula is C25H26FN5O3. The van der Waals surface area contributed by atoms with E-state index < -0.39 is 11.2 Å².